The summed E-state index contributed by atoms with van der Waals surface area (Å²) >= 11 is 0. The van der Waals surface area contributed by atoms with Crippen LogP contribution in [0.4, 0.5) is 5.69 Å². The van der Waals surface area contributed by atoms with E-state index in [9.17, 15) is 4.79 Å². The molecule has 154 valence electrons. The second-order valence-corrected chi connectivity index (χ2v) is 6.49. The van der Waals surface area contributed by atoms with E-state index in [2.05, 4.69) is 25.4 Å². The lowest BCUT2D eigenvalue weighted by molar-refractivity contribution is -0.119. The maximum Gasteiger partial charge on any atom is 0.239 e. The first-order chi connectivity index (χ1) is 12.8. The zero-order valence-electron chi connectivity index (χ0n) is 15.9. The highest BCUT2D eigenvalue weighted by molar-refractivity contribution is 5.85. The largest absolute Gasteiger partial charge is 0.358 e. The molecule has 0 spiro atoms. The van der Waals surface area contributed by atoms with Crippen LogP contribution in [0, 0.1) is 0 Å². The Morgan fingerprint density at radius 2 is 1.86 bits per heavy atom. The third-order valence-electron chi connectivity index (χ3n) is 4.51. The molecule has 1 aromatic carbocycles. The van der Waals surface area contributed by atoms with Crippen LogP contribution in [0.5, 0.6) is 0 Å². The molecule has 1 fully saturated rings. The number of para-hydroxylation sites is 1. The Hall–Kier alpha value is -1.86. The van der Waals surface area contributed by atoms with Crippen LogP contribution < -0.4 is 15.5 Å². The normalized spacial score (nSPS) is 13.7. The van der Waals surface area contributed by atoms with Crippen LogP contribution in [0.3, 0.4) is 0 Å². The van der Waals surface area contributed by atoms with Gasteiger partial charge in [-0.2, -0.15) is 0 Å². The number of rotatable bonds is 8. The van der Waals surface area contributed by atoms with Crippen LogP contribution in [0.1, 0.15) is 5.56 Å². The number of benzene rings is 1. The number of anilines is 1. The average molecular weight is 426 g/mol. The lowest BCUT2D eigenvalue weighted by Gasteiger charge is -2.27. The van der Waals surface area contributed by atoms with Gasteiger partial charge in [0.2, 0.25) is 5.91 Å². The summed E-state index contributed by atoms with van der Waals surface area (Å²) in [6.07, 6.45) is 3.61. The number of amides is 1. The molecule has 0 bridgehead atoms. The lowest BCUT2D eigenvalue weighted by atomic mass is 10.2. The number of pyridine rings is 1. The number of piperazine rings is 1. The summed E-state index contributed by atoms with van der Waals surface area (Å²) in [6.45, 7) is 6.74. The molecule has 0 unspecified atom stereocenters. The summed E-state index contributed by atoms with van der Waals surface area (Å²) in [7, 11) is 0. The predicted molar refractivity (Wildman–Crippen MR) is 119 cm³/mol. The third kappa shape index (κ3) is 8.02. The van der Waals surface area contributed by atoms with Crippen molar-refractivity contribution in [3.05, 3.63) is 60.4 Å². The fourth-order valence-electron chi connectivity index (χ4n) is 3.11. The number of nitrogens with zero attached hydrogens (tertiary/aromatic N) is 3. The van der Waals surface area contributed by atoms with Crippen LogP contribution in [0.2, 0.25) is 0 Å². The first-order valence-electron chi connectivity index (χ1n) is 9.20. The van der Waals surface area contributed by atoms with E-state index in [1.54, 1.807) is 6.20 Å². The topological polar surface area (TPSA) is 60.5 Å². The average Bonchev–Trinajstić information content (AvgIpc) is 2.70. The van der Waals surface area contributed by atoms with Gasteiger partial charge in [-0.3, -0.25) is 14.7 Å². The Balaban J connectivity index is 0.00000196. The van der Waals surface area contributed by atoms with E-state index in [1.165, 1.54) is 0 Å². The second kappa shape index (κ2) is 13.3. The van der Waals surface area contributed by atoms with Crippen LogP contribution in [-0.2, 0) is 11.3 Å². The molecule has 0 saturated carbocycles. The van der Waals surface area contributed by atoms with Crippen LogP contribution >= 0.6 is 24.8 Å². The summed E-state index contributed by atoms with van der Waals surface area (Å²) in [6, 6.07) is 14.0. The zero-order chi connectivity index (χ0) is 18.0. The molecule has 1 saturated heterocycles. The Morgan fingerprint density at radius 1 is 1.11 bits per heavy atom. The maximum absolute atomic E-state index is 12.5. The van der Waals surface area contributed by atoms with Gasteiger partial charge in [0, 0.05) is 63.9 Å². The van der Waals surface area contributed by atoms with Gasteiger partial charge in [0.05, 0.1) is 6.54 Å². The minimum atomic E-state index is 0. The van der Waals surface area contributed by atoms with Gasteiger partial charge in [0.1, 0.15) is 0 Å². The molecule has 2 aromatic rings. The highest BCUT2D eigenvalue weighted by atomic mass is 35.5. The van der Waals surface area contributed by atoms with Gasteiger partial charge in [-0.1, -0.05) is 24.3 Å². The Labute approximate surface area is 179 Å². The van der Waals surface area contributed by atoms with E-state index in [4.69, 9.17) is 0 Å². The molecule has 1 aliphatic rings. The van der Waals surface area contributed by atoms with Gasteiger partial charge in [-0.25, -0.2) is 0 Å². The standard InChI is InChI=1S/C20H27N5O.2ClH/c26-20(23-11-14-24-12-9-21-10-13-24)17-25(19-6-2-1-3-7-19)16-18-5-4-8-22-15-18;;/h1-8,15,21H,9-14,16-17H2,(H,23,26);2*1H. The van der Waals surface area contributed by atoms with Crippen molar-refractivity contribution >= 4 is 36.4 Å². The third-order valence-corrected chi connectivity index (χ3v) is 4.51. The molecule has 0 aliphatic carbocycles. The van der Waals surface area contributed by atoms with Gasteiger partial charge in [0.25, 0.3) is 0 Å². The molecule has 6 nitrogen and oxygen atoms in total. The minimum Gasteiger partial charge on any atom is -0.358 e. The number of hydrogen-bond donors (Lipinski definition) is 2. The fourth-order valence-corrected chi connectivity index (χ4v) is 3.11. The van der Waals surface area contributed by atoms with Crippen molar-refractivity contribution < 1.29 is 4.79 Å². The predicted octanol–water partition coefficient (Wildman–Crippen LogP) is 1.95. The minimum absolute atomic E-state index is 0. The van der Waals surface area contributed by atoms with E-state index in [-0.39, 0.29) is 30.7 Å². The number of hydrogen-bond acceptors (Lipinski definition) is 5. The number of aromatic nitrogens is 1. The Morgan fingerprint density at radius 3 is 2.54 bits per heavy atom. The summed E-state index contributed by atoms with van der Waals surface area (Å²) in [5, 5.41) is 6.40. The van der Waals surface area contributed by atoms with Gasteiger partial charge in [0.15, 0.2) is 0 Å². The van der Waals surface area contributed by atoms with Crippen molar-refractivity contribution in [3.63, 3.8) is 0 Å². The highest BCUT2D eigenvalue weighted by Gasteiger charge is 2.13. The zero-order valence-corrected chi connectivity index (χ0v) is 17.6. The number of carbonyl (C=O) groups excluding carboxylic acids is 1. The molecule has 1 aromatic heterocycles. The van der Waals surface area contributed by atoms with Gasteiger partial charge in [-0.15, -0.1) is 24.8 Å². The molecule has 2 N–H and O–H groups in total. The van der Waals surface area contributed by atoms with E-state index >= 15 is 0 Å². The van der Waals surface area contributed by atoms with E-state index < -0.39 is 0 Å². The smallest absolute Gasteiger partial charge is 0.239 e. The van der Waals surface area contributed by atoms with Crippen molar-refractivity contribution in [3.8, 4) is 0 Å². The maximum atomic E-state index is 12.5. The Bertz CT molecular complexity index is 669. The first kappa shape index (κ1) is 24.2. The molecule has 28 heavy (non-hydrogen) atoms. The summed E-state index contributed by atoms with van der Waals surface area (Å²) in [5.41, 5.74) is 2.12. The van der Waals surface area contributed by atoms with Gasteiger partial charge < -0.3 is 15.5 Å². The van der Waals surface area contributed by atoms with Crippen molar-refractivity contribution in [2.45, 2.75) is 6.54 Å². The van der Waals surface area contributed by atoms with Crippen molar-refractivity contribution in [1.29, 1.82) is 0 Å². The quantitative estimate of drug-likeness (QED) is 0.676. The van der Waals surface area contributed by atoms with E-state index in [0.717, 1.165) is 44.0 Å². The summed E-state index contributed by atoms with van der Waals surface area (Å²) < 4.78 is 0. The van der Waals surface area contributed by atoms with Crippen molar-refractivity contribution in [2.75, 3.05) is 50.7 Å². The van der Waals surface area contributed by atoms with Crippen molar-refractivity contribution in [2.24, 2.45) is 0 Å². The molecular formula is C20H29Cl2N5O. The SMILES string of the molecule is Cl.Cl.O=C(CN(Cc1cccnc1)c1ccccc1)NCCN1CCNCC1. The van der Waals surface area contributed by atoms with E-state index in [0.29, 0.717) is 19.6 Å². The number of carbonyl (C=O) groups is 1. The number of halogens is 2. The molecule has 8 heteroatoms. The van der Waals surface area contributed by atoms with Crippen molar-refractivity contribution in [1.82, 2.24) is 20.5 Å². The van der Waals surface area contributed by atoms with Gasteiger partial charge in [-0.05, 0) is 23.8 Å². The molecule has 0 atom stereocenters. The number of nitrogens with one attached hydrogen (secondary N) is 2. The molecule has 2 heterocycles. The summed E-state index contributed by atoms with van der Waals surface area (Å²) in [4.78, 5) is 21.1. The molecule has 0 radical (unpaired) electrons. The van der Waals surface area contributed by atoms with Crippen LogP contribution in [-0.4, -0.2) is 61.6 Å². The molecule has 1 amide bonds. The molecular weight excluding hydrogens is 397 g/mol. The van der Waals surface area contributed by atoms with Crippen LogP contribution in [0.15, 0.2) is 54.9 Å². The summed E-state index contributed by atoms with van der Waals surface area (Å²) in [5.74, 6) is 0.0490. The van der Waals surface area contributed by atoms with Crippen LogP contribution in [0.25, 0.3) is 0 Å². The first-order valence-corrected chi connectivity index (χ1v) is 9.20. The fraction of sp³-hybridized carbons (Fsp3) is 0.400. The van der Waals surface area contributed by atoms with E-state index in [1.807, 2.05) is 48.7 Å². The monoisotopic (exact) mass is 425 g/mol. The Kier molecular flexibility index (Phi) is 11.5. The second-order valence-electron chi connectivity index (χ2n) is 6.49. The molecule has 3 rings (SSSR count). The molecule has 1 aliphatic heterocycles. The lowest BCUT2D eigenvalue weighted by Crippen LogP contribution is -2.47. The van der Waals surface area contributed by atoms with Gasteiger partial charge >= 0.3 is 0 Å². The highest BCUT2D eigenvalue weighted by Crippen LogP contribution is 2.16.